The SMILES string of the molecule is CCC(CCN(C)C)CN1CCN(C(C)=O)CC1. The molecule has 1 saturated heterocycles. The van der Waals surface area contributed by atoms with E-state index in [0.717, 1.165) is 32.1 Å². The molecule has 1 fully saturated rings. The number of amides is 1. The maximum absolute atomic E-state index is 11.3. The van der Waals surface area contributed by atoms with E-state index in [1.54, 1.807) is 6.92 Å². The maximum Gasteiger partial charge on any atom is 0.219 e. The third-order valence-corrected chi connectivity index (χ3v) is 3.90. The first-order valence-corrected chi connectivity index (χ1v) is 7.15. The first kappa shape index (κ1) is 15.4. The topological polar surface area (TPSA) is 26.8 Å². The van der Waals surface area contributed by atoms with E-state index in [9.17, 15) is 4.79 Å². The molecule has 1 rings (SSSR count). The molecule has 0 aromatic carbocycles. The molecule has 0 radical (unpaired) electrons. The van der Waals surface area contributed by atoms with Crippen molar-refractivity contribution < 1.29 is 4.79 Å². The highest BCUT2D eigenvalue weighted by molar-refractivity contribution is 5.73. The smallest absolute Gasteiger partial charge is 0.219 e. The minimum absolute atomic E-state index is 0.217. The molecule has 0 bridgehead atoms. The second-order valence-electron chi connectivity index (χ2n) is 5.67. The van der Waals surface area contributed by atoms with Gasteiger partial charge in [-0.25, -0.2) is 0 Å². The van der Waals surface area contributed by atoms with E-state index in [-0.39, 0.29) is 5.91 Å². The number of nitrogens with zero attached hydrogens (tertiary/aromatic N) is 3. The molecule has 0 N–H and O–H groups in total. The van der Waals surface area contributed by atoms with Gasteiger partial charge in [-0.05, 0) is 33.0 Å². The quantitative estimate of drug-likeness (QED) is 0.712. The Morgan fingerprint density at radius 3 is 2.28 bits per heavy atom. The summed E-state index contributed by atoms with van der Waals surface area (Å²) in [5.41, 5.74) is 0. The normalized spacial score (nSPS) is 19.3. The Morgan fingerprint density at radius 1 is 1.22 bits per heavy atom. The number of carbonyl (C=O) groups is 1. The summed E-state index contributed by atoms with van der Waals surface area (Å²) in [6.07, 6.45) is 2.52. The van der Waals surface area contributed by atoms with Crippen LogP contribution in [0.2, 0.25) is 0 Å². The lowest BCUT2D eigenvalue weighted by molar-refractivity contribution is -0.130. The molecule has 18 heavy (non-hydrogen) atoms. The van der Waals surface area contributed by atoms with Crippen LogP contribution in [0, 0.1) is 5.92 Å². The van der Waals surface area contributed by atoms with Gasteiger partial charge in [0.15, 0.2) is 0 Å². The molecule has 0 aliphatic carbocycles. The zero-order valence-corrected chi connectivity index (χ0v) is 12.5. The number of hydrogen-bond donors (Lipinski definition) is 0. The molecular weight excluding hydrogens is 226 g/mol. The molecule has 1 unspecified atom stereocenters. The van der Waals surface area contributed by atoms with Crippen LogP contribution in [0.4, 0.5) is 0 Å². The highest BCUT2D eigenvalue weighted by Crippen LogP contribution is 2.13. The van der Waals surface area contributed by atoms with Crippen molar-refractivity contribution in [3.8, 4) is 0 Å². The first-order chi connectivity index (χ1) is 8.52. The minimum atomic E-state index is 0.217. The molecule has 4 nitrogen and oxygen atoms in total. The first-order valence-electron chi connectivity index (χ1n) is 7.15. The van der Waals surface area contributed by atoms with Gasteiger partial charge < -0.3 is 9.80 Å². The van der Waals surface area contributed by atoms with Crippen molar-refractivity contribution in [3.63, 3.8) is 0 Å². The van der Waals surface area contributed by atoms with E-state index in [4.69, 9.17) is 0 Å². The van der Waals surface area contributed by atoms with Gasteiger partial charge >= 0.3 is 0 Å². The van der Waals surface area contributed by atoms with Crippen molar-refractivity contribution in [2.45, 2.75) is 26.7 Å². The van der Waals surface area contributed by atoms with Crippen molar-refractivity contribution in [1.29, 1.82) is 0 Å². The number of hydrogen-bond acceptors (Lipinski definition) is 3. The lowest BCUT2D eigenvalue weighted by Crippen LogP contribution is -2.49. The van der Waals surface area contributed by atoms with Gasteiger partial charge in [0.1, 0.15) is 0 Å². The highest BCUT2D eigenvalue weighted by atomic mass is 16.2. The Hall–Kier alpha value is -0.610. The van der Waals surface area contributed by atoms with Crippen molar-refractivity contribution in [3.05, 3.63) is 0 Å². The fourth-order valence-corrected chi connectivity index (χ4v) is 2.48. The standard InChI is InChI=1S/C14H29N3O/c1-5-14(6-7-15(3)4)12-16-8-10-17(11-9-16)13(2)18/h14H,5-12H2,1-4H3. The summed E-state index contributed by atoms with van der Waals surface area (Å²) in [5.74, 6) is 1.01. The van der Waals surface area contributed by atoms with Crippen LogP contribution in [0.15, 0.2) is 0 Å². The second kappa shape index (κ2) is 7.74. The van der Waals surface area contributed by atoms with Gasteiger partial charge in [0.25, 0.3) is 0 Å². The van der Waals surface area contributed by atoms with Gasteiger partial charge in [-0.1, -0.05) is 13.3 Å². The van der Waals surface area contributed by atoms with Crippen molar-refractivity contribution in [1.82, 2.24) is 14.7 Å². The van der Waals surface area contributed by atoms with Crippen LogP contribution in [0.1, 0.15) is 26.7 Å². The maximum atomic E-state index is 11.3. The predicted octanol–water partition coefficient (Wildman–Crippen LogP) is 1.13. The van der Waals surface area contributed by atoms with Crippen molar-refractivity contribution >= 4 is 5.91 Å². The summed E-state index contributed by atoms with van der Waals surface area (Å²) >= 11 is 0. The van der Waals surface area contributed by atoms with E-state index in [1.807, 2.05) is 4.90 Å². The molecule has 4 heteroatoms. The van der Waals surface area contributed by atoms with E-state index < -0.39 is 0 Å². The van der Waals surface area contributed by atoms with Gasteiger partial charge in [-0.2, -0.15) is 0 Å². The summed E-state index contributed by atoms with van der Waals surface area (Å²) in [6.45, 7) is 10.2. The minimum Gasteiger partial charge on any atom is -0.340 e. The Labute approximate surface area is 112 Å². The summed E-state index contributed by atoms with van der Waals surface area (Å²) in [6, 6.07) is 0. The molecule has 0 aromatic heterocycles. The van der Waals surface area contributed by atoms with Gasteiger partial charge in [0.2, 0.25) is 5.91 Å². The Morgan fingerprint density at radius 2 is 1.83 bits per heavy atom. The largest absolute Gasteiger partial charge is 0.340 e. The average Bonchev–Trinajstić information content (AvgIpc) is 2.34. The monoisotopic (exact) mass is 255 g/mol. The van der Waals surface area contributed by atoms with E-state index in [0.29, 0.717) is 0 Å². The number of piperazine rings is 1. The summed E-state index contributed by atoms with van der Waals surface area (Å²) < 4.78 is 0. The van der Waals surface area contributed by atoms with Gasteiger partial charge in [-0.15, -0.1) is 0 Å². The molecule has 0 aromatic rings. The summed E-state index contributed by atoms with van der Waals surface area (Å²) in [5, 5.41) is 0. The third kappa shape index (κ3) is 5.36. The molecule has 106 valence electrons. The number of rotatable bonds is 6. The van der Waals surface area contributed by atoms with Gasteiger partial charge in [0, 0.05) is 39.6 Å². The van der Waals surface area contributed by atoms with Crippen LogP contribution in [0.5, 0.6) is 0 Å². The van der Waals surface area contributed by atoms with Crippen LogP contribution in [-0.4, -0.2) is 74.0 Å². The summed E-state index contributed by atoms with van der Waals surface area (Å²) in [7, 11) is 4.27. The molecule has 1 atom stereocenters. The van der Waals surface area contributed by atoms with Crippen LogP contribution in [0.3, 0.4) is 0 Å². The Balaban J connectivity index is 2.27. The zero-order chi connectivity index (χ0) is 13.5. The Bertz CT molecular complexity index is 247. The fourth-order valence-electron chi connectivity index (χ4n) is 2.48. The lowest BCUT2D eigenvalue weighted by atomic mass is 10.0. The van der Waals surface area contributed by atoms with E-state index >= 15 is 0 Å². The van der Waals surface area contributed by atoms with Gasteiger partial charge in [-0.3, -0.25) is 9.69 Å². The number of carbonyl (C=O) groups excluding carboxylic acids is 1. The lowest BCUT2D eigenvalue weighted by Gasteiger charge is -2.36. The van der Waals surface area contributed by atoms with Crippen LogP contribution < -0.4 is 0 Å². The molecule has 1 aliphatic rings. The molecule has 0 saturated carbocycles. The molecule has 0 spiro atoms. The molecule has 1 amide bonds. The third-order valence-electron chi connectivity index (χ3n) is 3.90. The highest BCUT2D eigenvalue weighted by Gasteiger charge is 2.20. The predicted molar refractivity (Wildman–Crippen MR) is 75.6 cm³/mol. The molecular formula is C14H29N3O. The zero-order valence-electron chi connectivity index (χ0n) is 12.5. The average molecular weight is 255 g/mol. The van der Waals surface area contributed by atoms with Crippen molar-refractivity contribution in [2.75, 3.05) is 53.4 Å². The van der Waals surface area contributed by atoms with Gasteiger partial charge in [0.05, 0.1) is 0 Å². The van der Waals surface area contributed by atoms with Crippen LogP contribution >= 0.6 is 0 Å². The van der Waals surface area contributed by atoms with E-state index in [2.05, 4.69) is 30.8 Å². The van der Waals surface area contributed by atoms with Crippen LogP contribution in [0.25, 0.3) is 0 Å². The van der Waals surface area contributed by atoms with E-state index in [1.165, 1.54) is 25.9 Å². The molecule has 1 heterocycles. The fraction of sp³-hybridized carbons (Fsp3) is 0.929. The van der Waals surface area contributed by atoms with Crippen molar-refractivity contribution in [2.24, 2.45) is 5.92 Å². The summed E-state index contributed by atoms with van der Waals surface area (Å²) in [4.78, 5) is 18.0. The Kier molecular flexibility index (Phi) is 6.65. The second-order valence-corrected chi connectivity index (χ2v) is 5.67. The molecule has 1 aliphatic heterocycles. The van der Waals surface area contributed by atoms with Crippen LogP contribution in [-0.2, 0) is 4.79 Å².